The number of alkyl carbamates (subject to hydrolysis) is 1. The predicted octanol–water partition coefficient (Wildman–Crippen LogP) is 3.07. The highest BCUT2D eigenvalue weighted by Crippen LogP contribution is 2.36. The van der Waals surface area contributed by atoms with E-state index in [1.165, 1.54) is 19.3 Å². The molecule has 0 aromatic rings. The fourth-order valence-corrected chi connectivity index (χ4v) is 2.57. The Bertz CT molecular complexity index is 295. The number of ether oxygens (including phenoxy) is 1. The molecule has 2 N–H and O–H groups in total. The van der Waals surface area contributed by atoms with Crippen LogP contribution in [0.4, 0.5) is 4.79 Å². The fourth-order valence-electron chi connectivity index (χ4n) is 2.57. The number of rotatable bonds is 5. The van der Waals surface area contributed by atoms with E-state index in [0.717, 1.165) is 13.0 Å². The van der Waals surface area contributed by atoms with Crippen molar-refractivity contribution in [1.82, 2.24) is 10.6 Å². The van der Waals surface area contributed by atoms with Gasteiger partial charge in [0.25, 0.3) is 0 Å². The van der Waals surface area contributed by atoms with Crippen molar-refractivity contribution in [3.63, 3.8) is 0 Å². The van der Waals surface area contributed by atoms with Crippen LogP contribution in [0.25, 0.3) is 0 Å². The molecule has 0 bridgehead atoms. The molecule has 0 spiro atoms. The van der Waals surface area contributed by atoms with Gasteiger partial charge >= 0.3 is 6.09 Å². The Kier molecular flexibility index (Phi) is 5.65. The van der Waals surface area contributed by atoms with E-state index in [2.05, 4.69) is 24.5 Å². The zero-order chi connectivity index (χ0) is 14.5. The molecule has 0 heterocycles. The Morgan fingerprint density at radius 1 is 1.32 bits per heavy atom. The van der Waals surface area contributed by atoms with Gasteiger partial charge in [0.1, 0.15) is 5.60 Å². The molecular formula is C15H30N2O2. The van der Waals surface area contributed by atoms with Crippen molar-refractivity contribution in [2.24, 2.45) is 5.41 Å². The van der Waals surface area contributed by atoms with E-state index in [1.54, 1.807) is 0 Å². The standard InChI is InChI=1S/C15H30N2O2/c1-14(2,3)19-13(18)17-11-7-10-16-12-8-6-9-15(12,4)5/h12,16H,6-11H2,1-5H3,(H,17,18). The highest BCUT2D eigenvalue weighted by Gasteiger charge is 2.33. The SMILES string of the molecule is CC(C)(C)OC(=O)NCCCNC1CCCC1(C)C. The van der Waals surface area contributed by atoms with Crippen molar-refractivity contribution < 1.29 is 9.53 Å². The van der Waals surface area contributed by atoms with Gasteiger partial charge in [-0.3, -0.25) is 0 Å². The van der Waals surface area contributed by atoms with Gasteiger partial charge in [0.15, 0.2) is 0 Å². The summed E-state index contributed by atoms with van der Waals surface area (Å²) >= 11 is 0. The molecule has 1 saturated carbocycles. The molecule has 0 aromatic carbocycles. The Balaban J connectivity index is 2.07. The Morgan fingerprint density at radius 2 is 2.00 bits per heavy atom. The van der Waals surface area contributed by atoms with Crippen molar-refractivity contribution >= 4 is 6.09 Å². The van der Waals surface area contributed by atoms with Crippen LogP contribution in [-0.2, 0) is 4.74 Å². The minimum Gasteiger partial charge on any atom is -0.444 e. The van der Waals surface area contributed by atoms with Crippen LogP contribution in [0.3, 0.4) is 0 Å². The molecule has 1 unspecified atom stereocenters. The molecule has 1 amide bonds. The van der Waals surface area contributed by atoms with Gasteiger partial charge in [0, 0.05) is 12.6 Å². The lowest BCUT2D eigenvalue weighted by atomic mass is 9.87. The zero-order valence-corrected chi connectivity index (χ0v) is 13.1. The van der Waals surface area contributed by atoms with Gasteiger partial charge in [-0.1, -0.05) is 20.3 Å². The quantitative estimate of drug-likeness (QED) is 0.755. The summed E-state index contributed by atoms with van der Waals surface area (Å²) in [6.45, 7) is 11.9. The topological polar surface area (TPSA) is 50.4 Å². The van der Waals surface area contributed by atoms with E-state index < -0.39 is 5.60 Å². The molecule has 0 saturated heterocycles. The summed E-state index contributed by atoms with van der Waals surface area (Å²) in [6, 6.07) is 0.619. The third kappa shape index (κ3) is 6.28. The Morgan fingerprint density at radius 3 is 2.53 bits per heavy atom. The molecule has 4 nitrogen and oxygen atoms in total. The lowest BCUT2D eigenvalue weighted by molar-refractivity contribution is 0.0527. The maximum absolute atomic E-state index is 11.4. The van der Waals surface area contributed by atoms with Crippen LogP contribution in [0.5, 0.6) is 0 Å². The first-order chi connectivity index (χ1) is 8.71. The van der Waals surface area contributed by atoms with E-state index in [-0.39, 0.29) is 6.09 Å². The van der Waals surface area contributed by atoms with Crippen molar-refractivity contribution in [2.75, 3.05) is 13.1 Å². The number of carbonyl (C=O) groups excluding carboxylic acids is 1. The van der Waals surface area contributed by atoms with Gasteiger partial charge in [-0.05, 0) is 52.0 Å². The van der Waals surface area contributed by atoms with E-state index in [1.807, 2.05) is 20.8 Å². The van der Waals surface area contributed by atoms with Crippen LogP contribution >= 0.6 is 0 Å². The average Bonchev–Trinajstić information content (AvgIpc) is 2.55. The molecule has 0 aliphatic heterocycles. The lowest BCUT2D eigenvalue weighted by Crippen LogP contribution is -2.39. The van der Waals surface area contributed by atoms with Gasteiger partial charge in [0.2, 0.25) is 0 Å². The second-order valence-corrected chi connectivity index (χ2v) is 7.17. The van der Waals surface area contributed by atoms with Crippen molar-refractivity contribution in [2.45, 2.75) is 71.9 Å². The normalized spacial score (nSPS) is 22.3. The molecule has 112 valence electrons. The molecule has 1 atom stereocenters. The molecule has 0 aromatic heterocycles. The number of amides is 1. The van der Waals surface area contributed by atoms with Crippen LogP contribution in [-0.4, -0.2) is 30.8 Å². The Hall–Kier alpha value is -0.770. The second-order valence-electron chi connectivity index (χ2n) is 7.17. The number of hydrogen-bond donors (Lipinski definition) is 2. The Labute approximate surface area is 117 Å². The van der Waals surface area contributed by atoms with Crippen LogP contribution < -0.4 is 10.6 Å². The molecule has 0 radical (unpaired) electrons. The van der Waals surface area contributed by atoms with Crippen molar-refractivity contribution in [1.29, 1.82) is 0 Å². The third-order valence-electron chi connectivity index (χ3n) is 3.67. The number of hydrogen-bond acceptors (Lipinski definition) is 3. The molecule has 1 aliphatic rings. The molecule has 19 heavy (non-hydrogen) atoms. The van der Waals surface area contributed by atoms with Gasteiger partial charge in [-0.2, -0.15) is 0 Å². The van der Waals surface area contributed by atoms with Crippen LogP contribution in [0, 0.1) is 5.41 Å². The molecule has 4 heteroatoms. The summed E-state index contributed by atoms with van der Waals surface area (Å²) in [5.41, 5.74) is -0.00516. The smallest absolute Gasteiger partial charge is 0.407 e. The number of nitrogens with one attached hydrogen (secondary N) is 2. The zero-order valence-electron chi connectivity index (χ0n) is 13.1. The maximum Gasteiger partial charge on any atom is 0.407 e. The first kappa shape index (κ1) is 16.3. The van der Waals surface area contributed by atoms with Gasteiger partial charge in [0.05, 0.1) is 0 Å². The average molecular weight is 270 g/mol. The lowest BCUT2D eigenvalue weighted by Gasteiger charge is -2.28. The van der Waals surface area contributed by atoms with Gasteiger partial charge in [-0.25, -0.2) is 4.79 Å². The highest BCUT2D eigenvalue weighted by molar-refractivity contribution is 5.67. The summed E-state index contributed by atoms with van der Waals surface area (Å²) in [4.78, 5) is 11.4. The largest absolute Gasteiger partial charge is 0.444 e. The summed E-state index contributed by atoms with van der Waals surface area (Å²) < 4.78 is 5.18. The van der Waals surface area contributed by atoms with Gasteiger partial charge in [-0.15, -0.1) is 0 Å². The highest BCUT2D eigenvalue weighted by atomic mass is 16.6. The van der Waals surface area contributed by atoms with Crippen LogP contribution in [0.2, 0.25) is 0 Å². The van der Waals surface area contributed by atoms with Crippen molar-refractivity contribution in [3.05, 3.63) is 0 Å². The summed E-state index contributed by atoms with van der Waals surface area (Å²) in [5, 5.41) is 6.39. The first-order valence-corrected chi connectivity index (χ1v) is 7.41. The molecule has 1 rings (SSSR count). The van der Waals surface area contributed by atoms with Crippen LogP contribution in [0.1, 0.15) is 60.3 Å². The van der Waals surface area contributed by atoms with E-state index in [0.29, 0.717) is 18.0 Å². The first-order valence-electron chi connectivity index (χ1n) is 7.41. The number of carbonyl (C=O) groups is 1. The van der Waals surface area contributed by atoms with E-state index in [9.17, 15) is 4.79 Å². The minimum absolute atomic E-state index is 0.325. The summed E-state index contributed by atoms with van der Waals surface area (Å²) in [7, 11) is 0. The predicted molar refractivity (Wildman–Crippen MR) is 78.3 cm³/mol. The van der Waals surface area contributed by atoms with E-state index in [4.69, 9.17) is 4.74 Å². The van der Waals surface area contributed by atoms with Crippen molar-refractivity contribution in [3.8, 4) is 0 Å². The fraction of sp³-hybridized carbons (Fsp3) is 0.933. The maximum atomic E-state index is 11.4. The van der Waals surface area contributed by atoms with Gasteiger partial charge < -0.3 is 15.4 Å². The third-order valence-corrected chi connectivity index (χ3v) is 3.67. The van der Waals surface area contributed by atoms with Crippen LogP contribution in [0.15, 0.2) is 0 Å². The second kappa shape index (κ2) is 6.60. The summed E-state index contributed by atoms with van der Waals surface area (Å²) in [6.07, 6.45) is 4.51. The minimum atomic E-state index is -0.420. The monoisotopic (exact) mass is 270 g/mol. The van der Waals surface area contributed by atoms with E-state index >= 15 is 0 Å². The molecule has 1 fully saturated rings. The summed E-state index contributed by atoms with van der Waals surface area (Å²) in [5.74, 6) is 0. The molecule has 1 aliphatic carbocycles. The molecular weight excluding hydrogens is 240 g/mol.